The molecule has 0 aliphatic heterocycles. The summed E-state index contributed by atoms with van der Waals surface area (Å²) >= 11 is 0. The average molecular weight is 427 g/mol. The molecule has 0 bridgehead atoms. The second-order valence-corrected chi connectivity index (χ2v) is 7.61. The van der Waals surface area contributed by atoms with E-state index in [0.29, 0.717) is 34.6 Å². The van der Waals surface area contributed by atoms with Crippen LogP contribution in [-0.2, 0) is 6.54 Å². The number of furan rings is 1. The van der Waals surface area contributed by atoms with Gasteiger partial charge in [-0.25, -0.2) is 9.97 Å². The fourth-order valence-corrected chi connectivity index (χ4v) is 3.88. The first kappa shape index (κ1) is 19.7. The van der Waals surface area contributed by atoms with Crippen molar-refractivity contribution >= 4 is 17.0 Å². The molecule has 8 nitrogen and oxygen atoms in total. The number of carbonyl (C=O) groups is 1. The third-order valence-electron chi connectivity index (χ3n) is 5.39. The molecular weight excluding hydrogens is 406 g/mol. The fourth-order valence-electron chi connectivity index (χ4n) is 3.88. The third-order valence-corrected chi connectivity index (χ3v) is 5.39. The van der Waals surface area contributed by atoms with E-state index < -0.39 is 0 Å². The molecule has 0 fully saturated rings. The minimum Gasteiger partial charge on any atom is -0.466 e. The van der Waals surface area contributed by atoms with Crippen molar-refractivity contribution in [2.75, 3.05) is 0 Å². The zero-order chi connectivity index (χ0) is 22.2. The highest BCUT2D eigenvalue weighted by atomic mass is 16.5. The predicted molar refractivity (Wildman–Crippen MR) is 118 cm³/mol. The van der Waals surface area contributed by atoms with Gasteiger partial charge in [-0.1, -0.05) is 23.4 Å². The van der Waals surface area contributed by atoms with Crippen LogP contribution in [0, 0.1) is 20.8 Å². The number of hydrogen-bond donors (Lipinski definition) is 1. The number of aryl methyl sites for hydroxylation is 3. The number of imidazole rings is 1. The molecular formula is C24H21N5O3. The van der Waals surface area contributed by atoms with E-state index in [1.165, 1.54) is 0 Å². The highest BCUT2D eigenvalue weighted by Gasteiger charge is 2.21. The van der Waals surface area contributed by atoms with Gasteiger partial charge in [0.25, 0.3) is 11.6 Å². The van der Waals surface area contributed by atoms with Crippen LogP contribution in [0.3, 0.4) is 0 Å². The molecule has 0 saturated heterocycles. The molecule has 0 unspecified atom stereocenters. The largest absolute Gasteiger partial charge is 0.466 e. The summed E-state index contributed by atoms with van der Waals surface area (Å²) in [6.45, 7) is 5.89. The van der Waals surface area contributed by atoms with Gasteiger partial charge in [0.2, 0.25) is 0 Å². The highest BCUT2D eigenvalue weighted by molar-refractivity contribution is 6.07. The summed E-state index contributed by atoms with van der Waals surface area (Å²) in [5.74, 6) is 1.27. The molecule has 0 atom stereocenters. The first-order valence-corrected chi connectivity index (χ1v) is 10.2. The zero-order valence-corrected chi connectivity index (χ0v) is 17.9. The molecule has 0 aliphatic carbocycles. The van der Waals surface area contributed by atoms with Crippen LogP contribution in [0.4, 0.5) is 0 Å². The lowest BCUT2D eigenvalue weighted by Crippen LogP contribution is -2.24. The first-order valence-electron chi connectivity index (χ1n) is 10.2. The van der Waals surface area contributed by atoms with Gasteiger partial charge in [0.15, 0.2) is 0 Å². The lowest BCUT2D eigenvalue weighted by molar-refractivity contribution is 0.0952. The lowest BCUT2D eigenvalue weighted by Gasteiger charge is -2.12. The number of fused-ring (bicyclic) bond motifs is 1. The number of hydrogen-bond acceptors (Lipinski definition) is 6. The molecule has 1 N–H and O–H groups in total. The van der Waals surface area contributed by atoms with Crippen molar-refractivity contribution in [3.05, 3.63) is 83.5 Å². The van der Waals surface area contributed by atoms with Gasteiger partial charge in [0, 0.05) is 24.5 Å². The van der Waals surface area contributed by atoms with Gasteiger partial charge in [0.05, 0.1) is 34.4 Å². The van der Waals surface area contributed by atoms with Gasteiger partial charge in [0.1, 0.15) is 11.5 Å². The second-order valence-electron chi connectivity index (χ2n) is 7.61. The van der Waals surface area contributed by atoms with Gasteiger partial charge in [-0.2, -0.15) is 0 Å². The zero-order valence-electron chi connectivity index (χ0n) is 17.9. The molecule has 0 spiro atoms. The second kappa shape index (κ2) is 7.81. The molecule has 8 heteroatoms. The molecule has 5 aromatic rings. The van der Waals surface area contributed by atoms with Crippen LogP contribution < -0.4 is 5.32 Å². The van der Waals surface area contributed by atoms with Gasteiger partial charge in [-0.05, 0) is 44.5 Å². The van der Waals surface area contributed by atoms with Gasteiger partial charge in [-0.15, -0.1) is 0 Å². The Labute approximate surface area is 183 Å². The Morgan fingerprint density at radius 3 is 2.75 bits per heavy atom. The molecule has 1 amide bonds. The Bertz CT molecular complexity index is 1430. The molecule has 160 valence electrons. The molecule has 0 aliphatic rings. The van der Waals surface area contributed by atoms with Crippen molar-refractivity contribution in [1.82, 2.24) is 25.0 Å². The van der Waals surface area contributed by atoms with E-state index in [0.717, 1.165) is 28.3 Å². The quantitative estimate of drug-likeness (QED) is 0.443. The minimum absolute atomic E-state index is 0.233. The van der Waals surface area contributed by atoms with Crippen molar-refractivity contribution < 1.29 is 13.7 Å². The van der Waals surface area contributed by atoms with Gasteiger partial charge >= 0.3 is 0 Å². The van der Waals surface area contributed by atoms with Crippen LogP contribution in [0.1, 0.15) is 33.1 Å². The van der Waals surface area contributed by atoms with Crippen LogP contribution in [0.25, 0.3) is 28.0 Å². The molecule has 0 saturated carbocycles. The van der Waals surface area contributed by atoms with Crippen LogP contribution in [0.2, 0.25) is 0 Å². The van der Waals surface area contributed by atoms with E-state index in [2.05, 4.69) is 20.4 Å². The number of benzene rings is 1. The number of nitrogens with zero attached hydrogens (tertiary/aromatic N) is 4. The monoisotopic (exact) mass is 427 g/mol. The van der Waals surface area contributed by atoms with Crippen LogP contribution >= 0.6 is 0 Å². The van der Waals surface area contributed by atoms with Crippen LogP contribution in [-0.4, -0.2) is 25.6 Å². The molecule has 5 rings (SSSR count). The molecule has 0 radical (unpaired) electrons. The van der Waals surface area contributed by atoms with E-state index >= 15 is 0 Å². The van der Waals surface area contributed by atoms with E-state index in [9.17, 15) is 4.79 Å². The number of pyridine rings is 1. The Morgan fingerprint density at radius 2 is 2.00 bits per heavy atom. The number of rotatable bonds is 5. The SMILES string of the molecule is Cc1cc(-c2cc(C(=O)NCc3ccccc3-n3ccnc3)c3c(C)noc3n2)c(C)o1. The van der Waals surface area contributed by atoms with Crippen molar-refractivity contribution in [3.8, 4) is 16.9 Å². The number of para-hydroxylation sites is 1. The van der Waals surface area contributed by atoms with Crippen molar-refractivity contribution in [1.29, 1.82) is 0 Å². The van der Waals surface area contributed by atoms with E-state index in [1.54, 1.807) is 25.5 Å². The molecule has 1 aromatic carbocycles. The number of carbonyl (C=O) groups excluding carboxylic acids is 1. The summed E-state index contributed by atoms with van der Waals surface area (Å²) in [5.41, 5.74) is 4.74. The summed E-state index contributed by atoms with van der Waals surface area (Å²) in [5, 5.41) is 7.65. The summed E-state index contributed by atoms with van der Waals surface area (Å²) in [6.07, 6.45) is 5.32. The Morgan fingerprint density at radius 1 is 1.16 bits per heavy atom. The number of amides is 1. The van der Waals surface area contributed by atoms with Crippen molar-refractivity contribution in [3.63, 3.8) is 0 Å². The third kappa shape index (κ3) is 3.45. The van der Waals surface area contributed by atoms with E-state index in [4.69, 9.17) is 8.94 Å². The Hall–Kier alpha value is -4.20. The van der Waals surface area contributed by atoms with E-state index in [-0.39, 0.29) is 5.91 Å². The Kier molecular flexibility index (Phi) is 4.82. The highest BCUT2D eigenvalue weighted by Crippen LogP contribution is 2.30. The maximum atomic E-state index is 13.3. The summed E-state index contributed by atoms with van der Waals surface area (Å²) in [4.78, 5) is 22.0. The number of nitrogens with one attached hydrogen (secondary N) is 1. The number of aromatic nitrogens is 4. The van der Waals surface area contributed by atoms with Gasteiger partial charge < -0.3 is 18.8 Å². The Balaban J connectivity index is 1.50. The maximum absolute atomic E-state index is 13.3. The average Bonchev–Trinajstić information content (AvgIpc) is 3.52. The topological polar surface area (TPSA) is 99.0 Å². The smallest absolute Gasteiger partial charge is 0.259 e. The van der Waals surface area contributed by atoms with Crippen molar-refractivity contribution in [2.24, 2.45) is 0 Å². The molecule has 32 heavy (non-hydrogen) atoms. The first-order chi connectivity index (χ1) is 15.5. The van der Waals surface area contributed by atoms with Crippen molar-refractivity contribution in [2.45, 2.75) is 27.3 Å². The summed E-state index contributed by atoms with van der Waals surface area (Å²) in [7, 11) is 0. The van der Waals surface area contributed by atoms with Crippen LogP contribution in [0.15, 0.2) is 64.1 Å². The fraction of sp³-hybridized carbons (Fsp3) is 0.167. The molecule has 4 aromatic heterocycles. The summed E-state index contributed by atoms with van der Waals surface area (Å²) in [6, 6.07) is 11.5. The normalized spacial score (nSPS) is 11.2. The lowest BCUT2D eigenvalue weighted by atomic mass is 10.0. The molecule has 4 heterocycles. The summed E-state index contributed by atoms with van der Waals surface area (Å²) < 4.78 is 13.0. The van der Waals surface area contributed by atoms with Gasteiger partial charge in [-0.3, -0.25) is 4.79 Å². The maximum Gasteiger partial charge on any atom is 0.259 e. The van der Waals surface area contributed by atoms with E-state index in [1.807, 2.05) is 54.9 Å². The predicted octanol–water partition coefficient (Wildman–Crippen LogP) is 4.52. The standard InChI is InChI=1S/C24H21N5O3/c1-14-10-18(16(3)31-14)20-11-19(22-15(2)28-32-24(22)27-20)23(30)26-12-17-6-4-5-7-21(17)29-9-8-25-13-29/h4-11,13H,12H2,1-3H3,(H,26,30). The minimum atomic E-state index is -0.233. The van der Waals surface area contributed by atoms with Crippen LogP contribution in [0.5, 0.6) is 0 Å².